The highest BCUT2D eigenvalue weighted by molar-refractivity contribution is 6.29. The van der Waals surface area contributed by atoms with Crippen LogP contribution < -0.4 is 14.4 Å². The number of halogens is 1. The van der Waals surface area contributed by atoms with Crippen LogP contribution >= 0.6 is 11.6 Å². The van der Waals surface area contributed by atoms with Crippen LogP contribution in [0.1, 0.15) is 32.1 Å². The van der Waals surface area contributed by atoms with Crippen LogP contribution in [0.4, 0.5) is 5.82 Å². The number of piperidine rings is 1. The minimum Gasteiger partial charge on any atom is -0.487 e. The molecule has 2 heterocycles. The molecule has 1 aromatic carbocycles. The molecule has 1 aliphatic heterocycles. The predicted molar refractivity (Wildman–Crippen MR) is 97.6 cm³/mol. The van der Waals surface area contributed by atoms with Crippen molar-refractivity contribution in [2.45, 2.75) is 44.3 Å². The largest absolute Gasteiger partial charge is 0.487 e. The highest BCUT2D eigenvalue weighted by Crippen LogP contribution is 2.33. The third-order valence-corrected chi connectivity index (χ3v) is 4.97. The van der Waals surface area contributed by atoms with Gasteiger partial charge in [0.25, 0.3) is 0 Å². The summed E-state index contributed by atoms with van der Waals surface area (Å²) in [6.07, 6.45) is 9.34. The van der Waals surface area contributed by atoms with E-state index in [1.807, 2.05) is 24.3 Å². The quantitative estimate of drug-likeness (QED) is 0.804. The summed E-state index contributed by atoms with van der Waals surface area (Å²) in [7, 11) is 0. The zero-order chi connectivity index (χ0) is 17.1. The number of benzene rings is 1. The lowest BCUT2D eigenvalue weighted by molar-refractivity contribution is 0.106. The Bertz CT molecular complexity index is 723. The van der Waals surface area contributed by atoms with Crippen LogP contribution in [-0.2, 0) is 0 Å². The molecule has 1 unspecified atom stereocenters. The third kappa shape index (κ3) is 3.98. The maximum absolute atomic E-state index is 6.29. The zero-order valence-electron chi connectivity index (χ0n) is 14.1. The maximum Gasteiger partial charge on any atom is 0.161 e. The van der Waals surface area contributed by atoms with Gasteiger partial charge in [0.2, 0.25) is 0 Å². The summed E-state index contributed by atoms with van der Waals surface area (Å²) in [4.78, 5) is 10.7. The molecule has 132 valence electrons. The number of anilines is 1. The Morgan fingerprint density at radius 2 is 1.68 bits per heavy atom. The maximum atomic E-state index is 6.29. The number of nitrogens with zero attached hydrogens (tertiary/aromatic N) is 3. The molecule has 1 saturated heterocycles. The van der Waals surface area contributed by atoms with Crippen molar-refractivity contribution in [3.63, 3.8) is 0 Å². The smallest absolute Gasteiger partial charge is 0.161 e. The number of hydrogen-bond donors (Lipinski definition) is 0. The van der Waals surface area contributed by atoms with Gasteiger partial charge in [-0.2, -0.15) is 0 Å². The molecule has 0 radical (unpaired) electrons. The third-order valence-electron chi connectivity index (χ3n) is 4.78. The van der Waals surface area contributed by atoms with Gasteiger partial charge in [-0.25, -0.2) is 4.98 Å². The highest BCUT2D eigenvalue weighted by atomic mass is 35.5. The standard InChI is InChI=1S/C19H22ClN3O2/c20-18-11-21-12-19(22-18)23-10-4-7-15(13-23)25-17-9-2-1-8-16(17)24-14-5-3-6-14/h1-2,8-9,11-12,14-15H,3-7,10,13H2. The average molecular weight is 360 g/mol. The van der Waals surface area contributed by atoms with Crippen LogP contribution in [0.3, 0.4) is 0 Å². The summed E-state index contributed by atoms with van der Waals surface area (Å²) in [5.41, 5.74) is 0. The van der Waals surface area contributed by atoms with Gasteiger partial charge in [-0.3, -0.25) is 4.98 Å². The second-order valence-corrected chi connectivity index (χ2v) is 7.03. The number of hydrogen-bond acceptors (Lipinski definition) is 5. The van der Waals surface area contributed by atoms with Crippen LogP contribution in [0.2, 0.25) is 5.15 Å². The lowest BCUT2D eigenvalue weighted by atomic mass is 9.96. The van der Waals surface area contributed by atoms with Crippen molar-refractivity contribution >= 4 is 17.4 Å². The van der Waals surface area contributed by atoms with Gasteiger partial charge in [-0.05, 0) is 44.2 Å². The van der Waals surface area contributed by atoms with E-state index in [1.165, 1.54) is 6.42 Å². The molecule has 1 aromatic heterocycles. The fourth-order valence-corrected chi connectivity index (χ4v) is 3.36. The van der Waals surface area contributed by atoms with Crippen LogP contribution in [0.25, 0.3) is 0 Å². The topological polar surface area (TPSA) is 47.5 Å². The van der Waals surface area contributed by atoms with Crippen molar-refractivity contribution < 1.29 is 9.47 Å². The molecule has 0 bridgehead atoms. The molecule has 0 N–H and O–H groups in total. The normalized spacial score (nSPS) is 20.8. The van der Waals surface area contributed by atoms with Gasteiger partial charge in [0.15, 0.2) is 11.5 Å². The summed E-state index contributed by atoms with van der Waals surface area (Å²) in [6.45, 7) is 1.71. The second kappa shape index (κ2) is 7.48. The summed E-state index contributed by atoms with van der Waals surface area (Å²) in [6, 6.07) is 7.98. The second-order valence-electron chi connectivity index (χ2n) is 6.65. The molecule has 25 heavy (non-hydrogen) atoms. The Morgan fingerprint density at radius 3 is 2.36 bits per heavy atom. The Kier molecular flexibility index (Phi) is 4.92. The molecule has 0 spiro atoms. The van der Waals surface area contributed by atoms with Crippen molar-refractivity contribution in [2.75, 3.05) is 18.0 Å². The van der Waals surface area contributed by atoms with Crippen LogP contribution in [0.5, 0.6) is 11.5 Å². The lowest BCUT2D eigenvalue weighted by Crippen LogP contribution is -2.41. The highest BCUT2D eigenvalue weighted by Gasteiger charge is 2.25. The molecule has 6 heteroatoms. The monoisotopic (exact) mass is 359 g/mol. The zero-order valence-corrected chi connectivity index (χ0v) is 14.9. The van der Waals surface area contributed by atoms with E-state index >= 15 is 0 Å². The molecule has 4 rings (SSSR count). The van der Waals surface area contributed by atoms with E-state index in [4.69, 9.17) is 21.1 Å². The SMILES string of the molecule is Clc1cncc(N2CCCC(Oc3ccccc3OC3CCC3)C2)n1. The summed E-state index contributed by atoms with van der Waals surface area (Å²) in [5.74, 6) is 2.49. The predicted octanol–water partition coefficient (Wildman–Crippen LogP) is 4.11. The van der Waals surface area contributed by atoms with E-state index < -0.39 is 0 Å². The van der Waals surface area contributed by atoms with Crippen LogP contribution in [0.15, 0.2) is 36.7 Å². The van der Waals surface area contributed by atoms with Crippen molar-refractivity contribution in [1.82, 2.24) is 9.97 Å². The number of aromatic nitrogens is 2. The molecule has 2 aliphatic rings. The molecule has 0 amide bonds. The molecule has 1 aliphatic carbocycles. The molecule has 1 atom stereocenters. The van der Waals surface area contributed by atoms with E-state index in [0.717, 1.165) is 56.1 Å². The lowest BCUT2D eigenvalue weighted by Gasteiger charge is -2.34. The van der Waals surface area contributed by atoms with E-state index in [9.17, 15) is 0 Å². The fraction of sp³-hybridized carbons (Fsp3) is 0.474. The first kappa shape index (κ1) is 16.5. The molecule has 5 nitrogen and oxygen atoms in total. The average Bonchev–Trinajstić information content (AvgIpc) is 2.60. The van der Waals surface area contributed by atoms with E-state index in [1.54, 1.807) is 12.4 Å². The Labute approximate surface area is 152 Å². The van der Waals surface area contributed by atoms with Gasteiger partial charge in [0.05, 0.1) is 25.0 Å². The Balaban J connectivity index is 1.44. The van der Waals surface area contributed by atoms with Gasteiger partial charge in [0.1, 0.15) is 17.1 Å². The Morgan fingerprint density at radius 1 is 0.960 bits per heavy atom. The van der Waals surface area contributed by atoms with Gasteiger partial charge in [-0.15, -0.1) is 0 Å². The number of rotatable bonds is 5. The number of para-hydroxylation sites is 2. The molecule has 2 aromatic rings. The summed E-state index contributed by atoms with van der Waals surface area (Å²) in [5, 5.41) is 0.416. The molecule has 1 saturated carbocycles. The van der Waals surface area contributed by atoms with Crippen molar-refractivity contribution in [3.8, 4) is 11.5 Å². The van der Waals surface area contributed by atoms with Crippen molar-refractivity contribution in [2.24, 2.45) is 0 Å². The van der Waals surface area contributed by atoms with Crippen molar-refractivity contribution in [1.29, 1.82) is 0 Å². The first-order chi connectivity index (χ1) is 12.3. The van der Waals surface area contributed by atoms with Gasteiger partial charge in [-0.1, -0.05) is 23.7 Å². The van der Waals surface area contributed by atoms with E-state index in [2.05, 4.69) is 14.9 Å². The summed E-state index contributed by atoms with van der Waals surface area (Å²) >= 11 is 5.97. The van der Waals surface area contributed by atoms with Crippen molar-refractivity contribution in [3.05, 3.63) is 41.8 Å². The first-order valence-electron chi connectivity index (χ1n) is 8.93. The van der Waals surface area contributed by atoms with Gasteiger partial charge >= 0.3 is 0 Å². The fourth-order valence-electron chi connectivity index (χ4n) is 3.22. The van der Waals surface area contributed by atoms with E-state index in [-0.39, 0.29) is 6.10 Å². The Hall–Kier alpha value is -2.01. The number of ether oxygens (including phenoxy) is 2. The van der Waals surface area contributed by atoms with Gasteiger partial charge in [0, 0.05) is 6.54 Å². The minimum atomic E-state index is 0.0978. The molecular formula is C19H22ClN3O2. The minimum absolute atomic E-state index is 0.0978. The summed E-state index contributed by atoms with van der Waals surface area (Å²) < 4.78 is 12.4. The van der Waals surface area contributed by atoms with E-state index in [0.29, 0.717) is 11.3 Å². The van der Waals surface area contributed by atoms with Crippen LogP contribution in [-0.4, -0.2) is 35.3 Å². The molecule has 2 fully saturated rings. The van der Waals surface area contributed by atoms with Crippen LogP contribution in [0, 0.1) is 0 Å². The molecular weight excluding hydrogens is 338 g/mol. The first-order valence-corrected chi connectivity index (χ1v) is 9.30. The van der Waals surface area contributed by atoms with Gasteiger partial charge < -0.3 is 14.4 Å².